The number of halogens is 6. The van der Waals surface area contributed by atoms with Crippen molar-refractivity contribution in [2.24, 2.45) is 0 Å². The van der Waals surface area contributed by atoms with Crippen LogP contribution in [0.4, 0.5) is 37.7 Å². The molecule has 2 aromatic rings. The summed E-state index contributed by atoms with van der Waals surface area (Å²) in [6.45, 7) is 0. The highest BCUT2D eigenvalue weighted by molar-refractivity contribution is 5.51. The Morgan fingerprint density at radius 1 is 0.704 bits per heavy atom. The molecule has 7 nitrogen and oxygen atoms in total. The van der Waals surface area contributed by atoms with Gasteiger partial charge in [-0.25, -0.2) is 0 Å². The molecule has 0 amide bonds. The van der Waals surface area contributed by atoms with Crippen molar-refractivity contribution < 1.29 is 40.9 Å². The summed E-state index contributed by atoms with van der Waals surface area (Å²) >= 11 is 0. The quantitative estimate of drug-likeness (QED) is 0.395. The largest absolute Gasteiger partial charge is 0.457 e. The van der Waals surface area contributed by atoms with Crippen LogP contribution in [0.2, 0.25) is 0 Å². The van der Waals surface area contributed by atoms with Crippen molar-refractivity contribution in [3.05, 3.63) is 67.8 Å². The first-order chi connectivity index (χ1) is 12.3. The highest BCUT2D eigenvalue weighted by Crippen LogP contribution is 2.41. The molecule has 27 heavy (non-hydrogen) atoms. The molecule has 0 aliphatic carbocycles. The van der Waals surface area contributed by atoms with Crippen LogP contribution in [0, 0.1) is 20.2 Å². The van der Waals surface area contributed by atoms with Gasteiger partial charge in [0.25, 0.3) is 11.4 Å². The van der Waals surface area contributed by atoms with Crippen molar-refractivity contribution in [2.75, 3.05) is 0 Å². The fourth-order valence-electron chi connectivity index (χ4n) is 2.07. The minimum Gasteiger partial charge on any atom is -0.457 e. The second-order valence-electron chi connectivity index (χ2n) is 4.97. The zero-order chi connectivity index (χ0) is 20.6. The third-order valence-corrected chi connectivity index (χ3v) is 3.18. The average Bonchev–Trinajstić information content (AvgIpc) is 2.52. The van der Waals surface area contributed by atoms with Gasteiger partial charge in [0.1, 0.15) is 22.6 Å². The van der Waals surface area contributed by atoms with E-state index in [4.69, 9.17) is 4.74 Å². The normalized spacial score (nSPS) is 11.9. The van der Waals surface area contributed by atoms with Gasteiger partial charge < -0.3 is 4.74 Å². The topological polar surface area (TPSA) is 95.5 Å². The standard InChI is InChI=1S/C14H6F6N2O5/c15-13(16,17)9-3-1-7(5-11(9)21(23)24)27-8-2-4-10(14(18,19)20)12(6-8)22(25)26/h1-6H. The first kappa shape index (κ1) is 19.9. The van der Waals surface area contributed by atoms with Gasteiger partial charge in [0.05, 0.1) is 22.0 Å². The second kappa shape index (κ2) is 6.74. The van der Waals surface area contributed by atoms with Gasteiger partial charge in [-0.1, -0.05) is 0 Å². The molecule has 0 radical (unpaired) electrons. The molecule has 0 bridgehead atoms. The molecule has 0 heterocycles. The molecule has 13 heteroatoms. The monoisotopic (exact) mass is 396 g/mol. The summed E-state index contributed by atoms with van der Waals surface area (Å²) in [5.74, 6) is -1.05. The first-order valence-corrected chi connectivity index (χ1v) is 6.70. The summed E-state index contributed by atoms with van der Waals surface area (Å²) in [6, 6.07) is 2.91. The number of ether oxygens (including phenoxy) is 1. The Labute approximate surface area is 145 Å². The fourth-order valence-corrected chi connectivity index (χ4v) is 2.07. The van der Waals surface area contributed by atoms with Crippen molar-refractivity contribution >= 4 is 11.4 Å². The zero-order valence-electron chi connectivity index (χ0n) is 12.7. The maximum Gasteiger partial charge on any atom is 0.423 e. The minimum atomic E-state index is -5.02. The number of rotatable bonds is 4. The van der Waals surface area contributed by atoms with Gasteiger partial charge in [0.2, 0.25) is 0 Å². The van der Waals surface area contributed by atoms with Crippen LogP contribution in [-0.4, -0.2) is 9.85 Å². The summed E-state index contributed by atoms with van der Waals surface area (Å²) in [7, 11) is 0. The van der Waals surface area contributed by atoms with Crippen LogP contribution in [0.3, 0.4) is 0 Å². The summed E-state index contributed by atoms with van der Waals surface area (Å²) in [4.78, 5) is 19.0. The van der Waals surface area contributed by atoms with Crippen molar-refractivity contribution in [1.82, 2.24) is 0 Å². The van der Waals surface area contributed by atoms with E-state index in [0.29, 0.717) is 36.4 Å². The van der Waals surface area contributed by atoms with E-state index in [0.717, 1.165) is 0 Å². The predicted molar refractivity (Wildman–Crippen MR) is 76.3 cm³/mol. The smallest absolute Gasteiger partial charge is 0.423 e. The van der Waals surface area contributed by atoms with E-state index < -0.39 is 56.2 Å². The maximum atomic E-state index is 12.7. The van der Waals surface area contributed by atoms with Crippen molar-refractivity contribution in [3.63, 3.8) is 0 Å². The molecule has 144 valence electrons. The summed E-state index contributed by atoms with van der Waals surface area (Å²) < 4.78 is 81.4. The van der Waals surface area contributed by atoms with Gasteiger partial charge in [0, 0.05) is 0 Å². The highest BCUT2D eigenvalue weighted by Gasteiger charge is 2.39. The van der Waals surface area contributed by atoms with Crippen molar-refractivity contribution in [2.45, 2.75) is 12.4 Å². The van der Waals surface area contributed by atoms with Crippen LogP contribution < -0.4 is 4.74 Å². The summed E-state index contributed by atoms with van der Waals surface area (Å²) in [5.41, 5.74) is -5.81. The van der Waals surface area contributed by atoms with Crippen LogP contribution >= 0.6 is 0 Å². The van der Waals surface area contributed by atoms with Gasteiger partial charge >= 0.3 is 12.4 Å². The van der Waals surface area contributed by atoms with E-state index in [1.807, 2.05) is 0 Å². The Hall–Kier alpha value is -3.38. The molecule has 0 atom stereocenters. The second-order valence-corrected chi connectivity index (χ2v) is 4.97. The third kappa shape index (κ3) is 4.43. The van der Waals surface area contributed by atoms with Gasteiger partial charge in [-0.05, 0) is 24.3 Å². The lowest BCUT2D eigenvalue weighted by Gasteiger charge is -2.11. The van der Waals surface area contributed by atoms with E-state index in [-0.39, 0.29) is 0 Å². The molecule has 2 aromatic carbocycles. The average molecular weight is 396 g/mol. The van der Waals surface area contributed by atoms with E-state index in [1.54, 1.807) is 0 Å². The molecule has 2 rings (SSSR count). The lowest BCUT2D eigenvalue weighted by atomic mass is 10.1. The van der Waals surface area contributed by atoms with E-state index in [2.05, 4.69) is 0 Å². The number of nitro benzene ring substituents is 2. The van der Waals surface area contributed by atoms with Gasteiger partial charge in [-0.2, -0.15) is 26.3 Å². The van der Waals surface area contributed by atoms with E-state index in [1.165, 1.54) is 0 Å². The lowest BCUT2D eigenvalue weighted by Crippen LogP contribution is -2.09. The predicted octanol–water partition coefficient (Wildman–Crippen LogP) is 5.33. The van der Waals surface area contributed by atoms with Gasteiger partial charge in [-0.15, -0.1) is 0 Å². The van der Waals surface area contributed by atoms with Crippen molar-refractivity contribution in [3.8, 4) is 11.5 Å². The highest BCUT2D eigenvalue weighted by atomic mass is 19.4. The molecule has 0 aromatic heterocycles. The molecule has 0 saturated carbocycles. The number of nitrogens with zero attached hydrogens (tertiary/aromatic N) is 2. The molecule has 0 N–H and O–H groups in total. The minimum absolute atomic E-state index is 0.353. The van der Waals surface area contributed by atoms with Gasteiger partial charge in [-0.3, -0.25) is 20.2 Å². The SMILES string of the molecule is O=[N+]([O-])c1cc(Oc2ccc(C(F)(F)F)c([N+](=O)[O-])c2)ccc1C(F)(F)F. The Kier molecular flexibility index (Phi) is 4.97. The number of nitro groups is 2. The number of hydrogen-bond donors (Lipinski definition) is 0. The van der Waals surface area contributed by atoms with E-state index in [9.17, 15) is 46.6 Å². The Morgan fingerprint density at radius 2 is 1.04 bits per heavy atom. The van der Waals surface area contributed by atoms with Crippen LogP contribution in [0.1, 0.15) is 11.1 Å². The number of alkyl halides is 6. The molecule has 0 fully saturated rings. The van der Waals surface area contributed by atoms with Crippen LogP contribution in [0.15, 0.2) is 36.4 Å². The van der Waals surface area contributed by atoms with E-state index >= 15 is 0 Å². The summed E-state index contributed by atoms with van der Waals surface area (Å²) in [6.07, 6.45) is -10.0. The summed E-state index contributed by atoms with van der Waals surface area (Å²) in [5, 5.41) is 21.6. The van der Waals surface area contributed by atoms with Crippen molar-refractivity contribution in [1.29, 1.82) is 0 Å². The molecule has 0 spiro atoms. The molecule has 0 aliphatic heterocycles. The van der Waals surface area contributed by atoms with Gasteiger partial charge in [0.15, 0.2) is 0 Å². The Morgan fingerprint density at radius 3 is 1.30 bits per heavy atom. The fraction of sp³-hybridized carbons (Fsp3) is 0.143. The molecule has 0 unspecified atom stereocenters. The molecule has 0 aliphatic rings. The lowest BCUT2D eigenvalue weighted by molar-refractivity contribution is -0.388. The Balaban J connectivity index is 2.46. The zero-order valence-corrected chi connectivity index (χ0v) is 12.7. The number of hydrogen-bond acceptors (Lipinski definition) is 5. The molecular weight excluding hydrogens is 390 g/mol. The first-order valence-electron chi connectivity index (χ1n) is 6.70. The maximum absolute atomic E-state index is 12.7. The third-order valence-electron chi connectivity index (χ3n) is 3.18. The van der Waals surface area contributed by atoms with Crippen LogP contribution in [0.25, 0.3) is 0 Å². The van der Waals surface area contributed by atoms with Crippen LogP contribution in [0.5, 0.6) is 11.5 Å². The molecular formula is C14H6F6N2O5. The number of benzene rings is 2. The van der Waals surface area contributed by atoms with Crippen LogP contribution in [-0.2, 0) is 12.4 Å². The molecule has 0 saturated heterocycles. The Bertz CT molecular complexity index is 836.